The Morgan fingerprint density at radius 3 is 1.38 bits per heavy atom. The molecule has 0 saturated heterocycles. The first-order chi connectivity index (χ1) is 25.7. The first-order valence-electron chi connectivity index (χ1n) is 21.9. The van der Waals surface area contributed by atoms with Crippen LogP contribution in [0.3, 0.4) is 0 Å². The number of hydrogen-bond acceptors (Lipinski definition) is 8. The van der Waals surface area contributed by atoms with Gasteiger partial charge in [0.1, 0.15) is 6.61 Å². The summed E-state index contributed by atoms with van der Waals surface area (Å²) in [6.07, 6.45) is 40.1. The highest BCUT2D eigenvalue weighted by Gasteiger charge is 2.24. The fourth-order valence-electron chi connectivity index (χ4n) is 5.94. The number of allylic oxidation sites excluding steroid dienone is 4. The third kappa shape index (κ3) is 40.0. The molecule has 0 fully saturated rings. The van der Waals surface area contributed by atoms with Gasteiger partial charge in [0, 0.05) is 26.1 Å². The third-order valence-corrected chi connectivity index (χ3v) is 10.6. The Hall–Kier alpha value is -1.47. The molecular weight excluding hydrogens is 685 g/mol. The lowest BCUT2D eigenvalue weighted by Gasteiger charge is -2.21. The Morgan fingerprint density at radius 2 is 0.943 bits per heavy atom. The largest absolute Gasteiger partial charge is 0.462 e. The molecule has 0 bridgehead atoms. The predicted octanol–water partition coefficient (Wildman–Crippen LogP) is 12.9. The molecule has 0 radical (unpaired) electrons. The highest BCUT2D eigenvalue weighted by atomic mass is 31.2. The van der Waals surface area contributed by atoms with Gasteiger partial charge < -0.3 is 23.4 Å². The molecule has 0 aromatic rings. The van der Waals surface area contributed by atoms with E-state index in [0.29, 0.717) is 19.4 Å². The molecule has 2 unspecified atom stereocenters. The van der Waals surface area contributed by atoms with Gasteiger partial charge in [-0.2, -0.15) is 0 Å². The van der Waals surface area contributed by atoms with E-state index in [0.717, 1.165) is 64.2 Å². The van der Waals surface area contributed by atoms with Gasteiger partial charge in [0.25, 0.3) is 0 Å². The fraction of sp³-hybridized carbons (Fsp3) is 0.864. The van der Waals surface area contributed by atoms with Crippen molar-refractivity contribution in [1.29, 1.82) is 0 Å². The standard InChI is InChI=1S/C44H84NO7P/c1-6-8-10-12-14-16-18-20-22-24-26-28-30-32-34-36-43(46)49-40-42(41-51-53(5,48)50-39-38-45(3)4)52-44(47)37-35-33-31-29-27-25-23-21-19-17-15-13-11-9-7-2/h20-23,42H,6-19,24-41H2,1-5H3/b22-20-,23-21-. The van der Waals surface area contributed by atoms with Crippen LogP contribution in [-0.4, -0.2) is 70.1 Å². The summed E-state index contributed by atoms with van der Waals surface area (Å²) < 4.78 is 35.0. The van der Waals surface area contributed by atoms with Crippen LogP contribution in [0, 0.1) is 0 Å². The molecule has 53 heavy (non-hydrogen) atoms. The second kappa shape index (κ2) is 38.8. The lowest BCUT2D eigenvalue weighted by atomic mass is 10.1. The lowest BCUT2D eigenvalue weighted by molar-refractivity contribution is -0.161. The van der Waals surface area contributed by atoms with Crippen molar-refractivity contribution in [1.82, 2.24) is 4.90 Å². The zero-order chi connectivity index (χ0) is 39.1. The molecule has 0 rings (SSSR count). The van der Waals surface area contributed by atoms with Crippen molar-refractivity contribution in [3.63, 3.8) is 0 Å². The zero-order valence-corrected chi connectivity index (χ0v) is 36.2. The van der Waals surface area contributed by atoms with Crippen LogP contribution in [-0.2, 0) is 32.7 Å². The van der Waals surface area contributed by atoms with E-state index in [9.17, 15) is 14.2 Å². The maximum absolute atomic E-state index is 12.8. The Bertz CT molecular complexity index is 939. The summed E-state index contributed by atoms with van der Waals surface area (Å²) >= 11 is 0. The SMILES string of the molecule is CCCCCCCC/C=C\CCCCCCCC(=O)OCC(COP(C)(=O)OCCN(C)C)OC(=O)CCCCCCC/C=C\CCCCCCCC. The van der Waals surface area contributed by atoms with Gasteiger partial charge in [-0.25, -0.2) is 0 Å². The lowest BCUT2D eigenvalue weighted by Crippen LogP contribution is -2.29. The first-order valence-corrected chi connectivity index (χ1v) is 23.9. The summed E-state index contributed by atoms with van der Waals surface area (Å²) in [7, 11) is 0.448. The van der Waals surface area contributed by atoms with Gasteiger partial charge in [-0.15, -0.1) is 0 Å². The van der Waals surface area contributed by atoms with Crippen LogP contribution in [0.15, 0.2) is 24.3 Å². The number of esters is 2. The van der Waals surface area contributed by atoms with E-state index in [4.69, 9.17) is 18.5 Å². The molecule has 0 aliphatic rings. The van der Waals surface area contributed by atoms with Crippen LogP contribution >= 0.6 is 7.60 Å². The number of hydrogen-bond donors (Lipinski definition) is 0. The molecular formula is C44H84NO7P. The van der Waals surface area contributed by atoms with E-state index in [2.05, 4.69) is 38.2 Å². The van der Waals surface area contributed by atoms with Crippen LogP contribution in [0.2, 0.25) is 0 Å². The molecule has 0 saturated carbocycles. The van der Waals surface area contributed by atoms with Crippen LogP contribution in [0.25, 0.3) is 0 Å². The molecule has 0 aliphatic heterocycles. The fourth-order valence-corrected chi connectivity index (χ4v) is 6.87. The van der Waals surface area contributed by atoms with Crippen LogP contribution in [0.1, 0.15) is 194 Å². The maximum atomic E-state index is 12.8. The van der Waals surface area contributed by atoms with E-state index < -0.39 is 13.7 Å². The Balaban J connectivity index is 4.32. The number of carbonyl (C=O) groups excluding carboxylic acids is 2. The average Bonchev–Trinajstić information content (AvgIpc) is 3.12. The summed E-state index contributed by atoms with van der Waals surface area (Å²) in [4.78, 5) is 27.1. The molecule has 8 nitrogen and oxygen atoms in total. The number of ether oxygens (including phenoxy) is 2. The minimum absolute atomic E-state index is 0.125. The van der Waals surface area contributed by atoms with Gasteiger partial charge in [0.15, 0.2) is 6.10 Å². The summed E-state index contributed by atoms with van der Waals surface area (Å²) in [5.41, 5.74) is 0. The maximum Gasteiger partial charge on any atom is 0.327 e. The smallest absolute Gasteiger partial charge is 0.327 e. The Kier molecular flexibility index (Phi) is 37.7. The Morgan fingerprint density at radius 1 is 0.547 bits per heavy atom. The second-order valence-electron chi connectivity index (χ2n) is 15.2. The highest BCUT2D eigenvalue weighted by molar-refractivity contribution is 7.52. The van der Waals surface area contributed by atoms with Gasteiger partial charge in [-0.1, -0.05) is 141 Å². The highest BCUT2D eigenvalue weighted by Crippen LogP contribution is 2.43. The van der Waals surface area contributed by atoms with Gasteiger partial charge in [0.05, 0.1) is 13.2 Å². The minimum Gasteiger partial charge on any atom is -0.462 e. The van der Waals surface area contributed by atoms with Gasteiger partial charge in [-0.3, -0.25) is 14.2 Å². The average molecular weight is 770 g/mol. The Labute approximate surface area is 327 Å². The minimum atomic E-state index is -3.36. The molecule has 0 spiro atoms. The number of rotatable bonds is 40. The summed E-state index contributed by atoms with van der Waals surface area (Å²) in [6, 6.07) is 0. The van der Waals surface area contributed by atoms with E-state index in [-0.39, 0.29) is 31.8 Å². The molecule has 0 aromatic heterocycles. The topological polar surface area (TPSA) is 91.4 Å². The van der Waals surface area contributed by atoms with Crippen molar-refractivity contribution in [2.24, 2.45) is 0 Å². The molecule has 312 valence electrons. The zero-order valence-electron chi connectivity index (χ0n) is 35.3. The van der Waals surface area contributed by atoms with E-state index >= 15 is 0 Å². The molecule has 0 aromatic carbocycles. The van der Waals surface area contributed by atoms with Crippen molar-refractivity contribution in [3.8, 4) is 0 Å². The number of nitrogens with zero attached hydrogens (tertiary/aromatic N) is 1. The first kappa shape index (κ1) is 51.5. The van der Waals surface area contributed by atoms with E-state index in [1.54, 1.807) is 0 Å². The van der Waals surface area contributed by atoms with Crippen molar-refractivity contribution in [2.45, 2.75) is 200 Å². The molecule has 0 aliphatic carbocycles. The summed E-state index contributed by atoms with van der Waals surface area (Å²) in [6.45, 7) is 6.49. The van der Waals surface area contributed by atoms with Crippen molar-refractivity contribution < 1.29 is 32.7 Å². The van der Waals surface area contributed by atoms with Crippen LogP contribution < -0.4 is 0 Å². The second-order valence-corrected chi connectivity index (χ2v) is 17.2. The van der Waals surface area contributed by atoms with E-state index in [1.807, 2.05) is 19.0 Å². The van der Waals surface area contributed by atoms with Crippen molar-refractivity contribution in [2.75, 3.05) is 47.1 Å². The molecule has 0 heterocycles. The van der Waals surface area contributed by atoms with Gasteiger partial charge in [0.2, 0.25) is 0 Å². The number of likely N-dealkylation sites (N-methyl/N-ethyl adjacent to an activating group) is 1. The third-order valence-electron chi connectivity index (χ3n) is 9.37. The monoisotopic (exact) mass is 770 g/mol. The molecule has 0 amide bonds. The summed E-state index contributed by atoms with van der Waals surface area (Å²) in [5.74, 6) is -0.674. The quantitative estimate of drug-likeness (QED) is 0.0263. The normalized spacial score (nSPS) is 13.6. The number of carbonyl (C=O) groups is 2. The molecule has 9 heteroatoms. The van der Waals surface area contributed by atoms with Crippen molar-refractivity contribution >= 4 is 19.5 Å². The van der Waals surface area contributed by atoms with Gasteiger partial charge >= 0.3 is 19.5 Å². The number of unbranched alkanes of at least 4 members (excludes halogenated alkanes) is 22. The predicted molar refractivity (Wildman–Crippen MR) is 224 cm³/mol. The molecule has 2 atom stereocenters. The van der Waals surface area contributed by atoms with Crippen molar-refractivity contribution in [3.05, 3.63) is 24.3 Å². The van der Waals surface area contributed by atoms with Crippen LogP contribution in [0.4, 0.5) is 0 Å². The van der Waals surface area contributed by atoms with Gasteiger partial charge in [-0.05, 0) is 78.3 Å². The molecule has 0 N–H and O–H groups in total. The summed E-state index contributed by atoms with van der Waals surface area (Å²) in [5, 5.41) is 0. The van der Waals surface area contributed by atoms with E-state index in [1.165, 1.54) is 109 Å². The van der Waals surface area contributed by atoms with Crippen LogP contribution in [0.5, 0.6) is 0 Å².